The van der Waals surface area contributed by atoms with Crippen LogP contribution >= 0.6 is 0 Å². The molecule has 1 aliphatic heterocycles. The quantitative estimate of drug-likeness (QED) is 0.893. The molecule has 21 heavy (non-hydrogen) atoms. The molecule has 1 atom stereocenters. The number of aromatic nitrogens is 2. The summed E-state index contributed by atoms with van der Waals surface area (Å²) in [5, 5.41) is 14.1. The van der Waals surface area contributed by atoms with E-state index in [1.54, 1.807) is 0 Å². The molecule has 0 spiro atoms. The van der Waals surface area contributed by atoms with Gasteiger partial charge in [0.05, 0.1) is 11.4 Å². The van der Waals surface area contributed by atoms with Gasteiger partial charge < -0.3 is 15.7 Å². The van der Waals surface area contributed by atoms with E-state index in [9.17, 15) is 5.11 Å². The van der Waals surface area contributed by atoms with Gasteiger partial charge in [0.25, 0.3) is 0 Å². The van der Waals surface area contributed by atoms with Crippen LogP contribution < -0.4 is 10.6 Å². The van der Waals surface area contributed by atoms with Crippen molar-refractivity contribution in [3.63, 3.8) is 0 Å². The highest BCUT2D eigenvalue weighted by Crippen LogP contribution is 2.31. The lowest BCUT2D eigenvalue weighted by Gasteiger charge is -2.21. The number of aliphatic hydroxyl groups excluding tert-OH is 1. The van der Waals surface area contributed by atoms with Gasteiger partial charge in [0.15, 0.2) is 0 Å². The molecule has 0 amide bonds. The molecule has 1 saturated heterocycles. The lowest BCUT2D eigenvalue weighted by molar-refractivity contribution is 0.238. The van der Waals surface area contributed by atoms with E-state index in [1.807, 2.05) is 29.8 Å². The Kier molecular flexibility index (Phi) is 3.94. The summed E-state index contributed by atoms with van der Waals surface area (Å²) >= 11 is 0. The SMILES string of the molecule is Cc1nn(-c2ccccc2)c(N2CCC(CO)C2)c1CN. The molecule has 112 valence electrons. The van der Waals surface area contributed by atoms with Crippen molar-refractivity contribution in [2.24, 2.45) is 11.7 Å². The monoisotopic (exact) mass is 286 g/mol. The average Bonchev–Trinajstić information content (AvgIpc) is 3.11. The molecule has 1 unspecified atom stereocenters. The van der Waals surface area contributed by atoms with Crippen LogP contribution in [-0.4, -0.2) is 34.6 Å². The topological polar surface area (TPSA) is 67.3 Å². The Morgan fingerprint density at radius 3 is 2.71 bits per heavy atom. The standard InChI is InChI=1S/C16H22N4O/c1-12-15(9-17)16(19-8-7-13(10-19)11-21)20(18-12)14-5-3-2-4-6-14/h2-6,13,21H,7-11,17H2,1H3. The fourth-order valence-corrected chi connectivity index (χ4v) is 3.03. The minimum atomic E-state index is 0.243. The number of hydrogen-bond donors (Lipinski definition) is 2. The molecule has 0 saturated carbocycles. The molecule has 2 aromatic rings. The number of aryl methyl sites for hydroxylation is 1. The second kappa shape index (κ2) is 5.87. The zero-order valence-corrected chi connectivity index (χ0v) is 12.4. The molecule has 1 aromatic carbocycles. The third kappa shape index (κ3) is 2.54. The first-order valence-electron chi connectivity index (χ1n) is 7.44. The Balaban J connectivity index is 2.05. The zero-order chi connectivity index (χ0) is 14.8. The molecule has 1 fully saturated rings. The summed E-state index contributed by atoms with van der Waals surface area (Å²) in [6, 6.07) is 10.1. The maximum Gasteiger partial charge on any atom is 0.137 e. The van der Waals surface area contributed by atoms with E-state index in [0.29, 0.717) is 12.5 Å². The molecule has 2 heterocycles. The van der Waals surface area contributed by atoms with Gasteiger partial charge in [-0.2, -0.15) is 5.10 Å². The number of hydrogen-bond acceptors (Lipinski definition) is 4. The molecule has 0 radical (unpaired) electrons. The number of aliphatic hydroxyl groups is 1. The van der Waals surface area contributed by atoms with Gasteiger partial charge in [-0.25, -0.2) is 4.68 Å². The number of rotatable bonds is 4. The molecule has 1 aliphatic rings. The summed E-state index contributed by atoms with van der Waals surface area (Å²) < 4.78 is 1.98. The van der Waals surface area contributed by atoms with Gasteiger partial charge in [0.1, 0.15) is 5.82 Å². The molecule has 1 aromatic heterocycles. The van der Waals surface area contributed by atoms with Gasteiger partial charge in [-0.05, 0) is 25.5 Å². The smallest absolute Gasteiger partial charge is 0.137 e. The van der Waals surface area contributed by atoms with E-state index in [0.717, 1.165) is 42.3 Å². The lowest BCUT2D eigenvalue weighted by atomic mass is 10.1. The normalized spacial score (nSPS) is 18.4. The Morgan fingerprint density at radius 2 is 2.10 bits per heavy atom. The van der Waals surface area contributed by atoms with E-state index in [2.05, 4.69) is 22.1 Å². The van der Waals surface area contributed by atoms with Crippen molar-refractivity contribution in [3.05, 3.63) is 41.6 Å². The predicted molar refractivity (Wildman–Crippen MR) is 83.6 cm³/mol. The zero-order valence-electron chi connectivity index (χ0n) is 12.4. The third-order valence-electron chi connectivity index (χ3n) is 4.21. The molecule has 3 rings (SSSR count). The second-order valence-electron chi connectivity index (χ2n) is 5.62. The molecule has 0 bridgehead atoms. The Hall–Kier alpha value is -1.85. The number of para-hydroxylation sites is 1. The van der Waals surface area contributed by atoms with Crippen LogP contribution in [-0.2, 0) is 6.54 Å². The number of benzene rings is 1. The highest BCUT2D eigenvalue weighted by atomic mass is 16.3. The summed E-state index contributed by atoms with van der Waals surface area (Å²) in [4.78, 5) is 2.30. The van der Waals surface area contributed by atoms with Crippen LogP contribution in [0, 0.1) is 12.8 Å². The van der Waals surface area contributed by atoms with Gasteiger partial charge in [-0.15, -0.1) is 0 Å². The fraction of sp³-hybridized carbons (Fsp3) is 0.438. The highest BCUT2D eigenvalue weighted by Gasteiger charge is 2.28. The van der Waals surface area contributed by atoms with Gasteiger partial charge in [0.2, 0.25) is 0 Å². The van der Waals surface area contributed by atoms with Gasteiger partial charge in [0, 0.05) is 37.7 Å². The number of nitrogens with zero attached hydrogens (tertiary/aromatic N) is 3. The van der Waals surface area contributed by atoms with Crippen LogP contribution in [0.5, 0.6) is 0 Å². The largest absolute Gasteiger partial charge is 0.396 e. The first kappa shape index (κ1) is 14.1. The van der Waals surface area contributed by atoms with Gasteiger partial charge in [-0.1, -0.05) is 18.2 Å². The highest BCUT2D eigenvalue weighted by molar-refractivity contribution is 5.56. The number of nitrogens with two attached hydrogens (primary N) is 1. The fourth-order valence-electron chi connectivity index (χ4n) is 3.03. The van der Waals surface area contributed by atoms with E-state index >= 15 is 0 Å². The van der Waals surface area contributed by atoms with Crippen LogP contribution in [0.2, 0.25) is 0 Å². The predicted octanol–water partition coefficient (Wildman–Crippen LogP) is 1.46. The Labute approximate surface area is 125 Å². The summed E-state index contributed by atoms with van der Waals surface area (Å²) in [5.74, 6) is 1.42. The first-order valence-corrected chi connectivity index (χ1v) is 7.44. The first-order chi connectivity index (χ1) is 10.2. The van der Waals surface area contributed by atoms with Crippen molar-refractivity contribution in [3.8, 4) is 5.69 Å². The summed E-state index contributed by atoms with van der Waals surface area (Å²) in [5.41, 5.74) is 9.06. The average molecular weight is 286 g/mol. The Bertz CT molecular complexity index is 608. The minimum Gasteiger partial charge on any atom is -0.396 e. The van der Waals surface area contributed by atoms with Gasteiger partial charge in [-0.3, -0.25) is 0 Å². The van der Waals surface area contributed by atoms with Gasteiger partial charge >= 0.3 is 0 Å². The molecule has 3 N–H and O–H groups in total. The molecule has 0 aliphatic carbocycles. The van der Waals surface area contributed by atoms with Crippen LogP contribution in [0.1, 0.15) is 17.7 Å². The maximum atomic E-state index is 9.37. The van der Waals surface area contributed by atoms with Crippen molar-refractivity contribution in [2.75, 3.05) is 24.6 Å². The van der Waals surface area contributed by atoms with Crippen molar-refractivity contribution in [1.82, 2.24) is 9.78 Å². The maximum absolute atomic E-state index is 9.37. The Morgan fingerprint density at radius 1 is 1.33 bits per heavy atom. The van der Waals surface area contributed by atoms with E-state index in [4.69, 9.17) is 5.73 Å². The van der Waals surface area contributed by atoms with Crippen LogP contribution in [0.25, 0.3) is 5.69 Å². The van der Waals surface area contributed by atoms with E-state index < -0.39 is 0 Å². The molecule has 5 nitrogen and oxygen atoms in total. The minimum absolute atomic E-state index is 0.243. The number of anilines is 1. The summed E-state index contributed by atoms with van der Waals surface area (Å²) in [7, 11) is 0. The van der Waals surface area contributed by atoms with Crippen molar-refractivity contribution < 1.29 is 5.11 Å². The van der Waals surface area contributed by atoms with Crippen molar-refractivity contribution in [2.45, 2.75) is 19.9 Å². The summed E-state index contributed by atoms with van der Waals surface area (Å²) in [6.07, 6.45) is 1.01. The second-order valence-corrected chi connectivity index (χ2v) is 5.62. The third-order valence-corrected chi connectivity index (χ3v) is 4.21. The lowest BCUT2D eigenvalue weighted by Crippen LogP contribution is -2.25. The van der Waals surface area contributed by atoms with Crippen LogP contribution in [0.4, 0.5) is 5.82 Å². The molecule has 5 heteroatoms. The summed E-state index contributed by atoms with van der Waals surface area (Å²) in [6.45, 7) is 4.53. The molecular weight excluding hydrogens is 264 g/mol. The van der Waals surface area contributed by atoms with E-state index in [-0.39, 0.29) is 6.61 Å². The van der Waals surface area contributed by atoms with Crippen molar-refractivity contribution in [1.29, 1.82) is 0 Å². The van der Waals surface area contributed by atoms with Crippen LogP contribution in [0.3, 0.4) is 0 Å². The molecular formula is C16H22N4O. The van der Waals surface area contributed by atoms with Crippen molar-refractivity contribution >= 4 is 5.82 Å². The van der Waals surface area contributed by atoms with E-state index in [1.165, 1.54) is 0 Å². The van der Waals surface area contributed by atoms with Crippen LogP contribution in [0.15, 0.2) is 30.3 Å².